The van der Waals surface area contributed by atoms with Gasteiger partial charge in [-0.25, -0.2) is 0 Å². The van der Waals surface area contributed by atoms with E-state index >= 15 is 0 Å². The maximum atomic E-state index is 5.48. The van der Waals surface area contributed by atoms with Gasteiger partial charge in [0.25, 0.3) is 0 Å². The third-order valence-electron chi connectivity index (χ3n) is 1.91. The van der Waals surface area contributed by atoms with Crippen molar-refractivity contribution >= 4 is 17.7 Å². The van der Waals surface area contributed by atoms with E-state index in [-0.39, 0.29) is 12.2 Å². The first-order valence-electron chi connectivity index (χ1n) is 3.78. The minimum absolute atomic E-state index is 0.0231. The van der Waals surface area contributed by atoms with Crippen LogP contribution in [0.25, 0.3) is 6.08 Å². The molecule has 0 saturated carbocycles. The van der Waals surface area contributed by atoms with Crippen LogP contribution in [0.2, 0.25) is 0 Å². The number of fused-ring (bicyclic) bond motifs is 1. The van der Waals surface area contributed by atoms with Crippen molar-refractivity contribution in [3.63, 3.8) is 0 Å². The van der Waals surface area contributed by atoms with Crippen molar-refractivity contribution < 1.29 is 4.74 Å². The molecule has 61 valence electrons. The highest BCUT2D eigenvalue weighted by Crippen LogP contribution is 2.30. The molecule has 0 N–H and O–H groups in total. The quantitative estimate of drug-likeness (QED) is 0.635. The van der Waals surface area contributed by atoms with Gasteiger partial charge in [-0.2, -0.15) is 0 Å². The fourth-order valence-corrected chi connectivity index (χ4v) is 1.49. The lowest BCUT2D eigenvalue weighted by Gasteiger charge is -2.08. The summed E-state index contributed by atoms with van der Waals surface area (Å²) >= 11 is 5.48. The van der Waals surface area contributed by atoms with Crippen LogP contribution in [0.3, 0.4) is 0 Å². The molecule has 0 saturated heterocycles. The van der Waals surface area contributed by atoms with E-state index in [0.717, 1.165) is 11.1 Å². The molecule has 1 aliphatic carbocycles. The second-order valence-electron chi connectivity index (χ2n) is 2.59. The predicted molar refractivity (Wildman–Crippen MR) is 48.9 cm³/mol. The number of benzene rings is 1. The molecular formula is C10H8ClO. The van der Waals surface area contributed by atoms with Crippen molar-refractivity contribution in [2.75, 3.05) is 6.07 Å². The molecule has 1 nitrogen and oxygen atoms in total. The largest absolute Gasteiger partial charge is 0.354 e. The molecular weight excluding hydrogens is 172 g/mol. The standard InChI is InChI=1S/C10H8ClO/c11-7-12-10-6-5-8-3-1-2-4-9(8)10/h1-2,4-6,10H,7H2. The first kappa shape index (κ1) is 7.84. The maximum absolute atomic E-state index is 5.48. The van der Waals surface area contributed by atoms with Crippen molar-refractivity contribution in [1.29, 1.82) is 0 Å². The molecule has 1 atom stereocenters. The van der Waals surface area contributed by atoms with E-state index < -0.39 is 0 Å². The van der Waals surface area contributed by atoms with Gasteiger partial charge in [-0.05, 0) is 17.2 Å². The second kappa shape index (κ2) is 3.30. The number of alkyl halides is 1. The Hall–Kier alpha value is -0.790. The topological polar surface area (TPSA) is 9.23 Å². The first-order chi connectivity index (χ1) is 5.92. The van der Waals surface area contributed by atoms with Gasteiger partial charge in [0.2, 0.25) is 0 Å². The van der Waals surface area contributed by atoms with Gasteiger partial charge in [-0.1, -0.05) is 42.0 Å². The van der Waals surface area contributed by atoms with Crippen molar-refractivity contribution in [1.82, 2.24) is 0 Å². The smallest absolute Gasteiger partial charge is 0.122 e. The molecule has 1 unspecified atom stereocenters. The van der Waals surface area contributed by atoms with E-state index in [2.05, 4.69) is 6.07 Å². The van der Waals surface area contributed by atoms with Gasteiger partial charge in [0.1, 0.15) is 12.2 Å². The van der Waals surface area contributed by atoms with Crippen LogP contribution in [-0.4, -0.2) is 6.07 Å². The molecule has 2 heteroatoms. The first-order valence-corrected chi connectivity index (χ1v) is 4.31. The van der Waals surface area contributed by atoms with Crippen LogP contribution < -0.4 is 0 Å². The van der Waals surface area contributed by atoms with Gasteiger partial charge >= 0.3 is 0 Å². The van der Waals surface area contributed by atoms with Gasteiger partial charge in [0.05, 0.1) is 0 Å². The summed E-state index contributed by atoms with van der Waals surface area (Å²) < 4.78 is 5.29. The molecule has 0 bridgehead atoms. The van der Waals surface area contributed by atoms with Crippen molar-refractivity contribution in [2.45, 2.75) is 6.10 Å². The molecule has 1 aromatic rings. The molecule has 2 rings (SSSR count). The van der Waals surface area contributed by atoms with Gasteiger partial charge in [-0.15, -0.1) is 0 Å². The summed E-state index contributed by atoms with van der Waals surface area (Å²) in [4.78, 5) is 0. The zero-order valence-corrected chi connectivity index (χ0v) is 7.21. The molecule has 0 aromatic heterocycles. The lowest BCUT2D eigenvalue weighted by atomic mass is 10.1. The molecule has 0 heterocycles. The van der Waals surface area contributed by atoms with Crippen LogP contribution in [0.4, 0.5) is 0 Å². The molecule has 1 radical (unpaired) electrons. The van der Waals surface area contributed by atoms with Crippen LogP contribution in [-0.2, 0) is 4.74 Å². The summed E-state index contributed by atoms with van der Waals surface area (Å²) in [5, 5.41) is 0. The summed E-state index contributed by atoms with van der Waals surface area (Å²) in [6.45, 7) is 0. The Kier molecular flexibility index (Phi) is 2.15. The molecule has 1 aliphatic rings. The monoisotopic (exact) mass is 179 g/mol. The SMILES string of the molecule is ClCOC1C=Cc2[c]cccc21. The highest BCUT2D eigenvalue weighted by Gasteiger charge is 2.16. The Labute approximate surface area is 76.6 Å². The zero-order chi connectivity index (χ0) is 8.39. The Morgan fingerprint density at radius 2 is 2.50 bits per heavy atom. The average molecular weight is 180 g/mol. The van der Waals surface area contributed by atoms with Gasteiger partial charge < -0.3 is 4.74 Å². The maximum Gasteiger partial charge on any atom is 0.122 e. The van der Waals surface area contributed by atoms with Crippen LogP contribution >= 0.6 is 11.6 Å². The number of hydrogen-bond donors (Lipinski definition) is 0. The Balaban J connectivity index is 2.30. The third-order valence-corrected chi connectivity index (χ3v) is 2.03. The molecule has 12 heavy (non-hydrogen) atoms. The van der Waals surface area contributed by atoms with E-state index in [1.54, 1.807) is 0 Å². The number of hydrogen-bond acceptors (Lipinski definition) is 1. The van der Waals surface area contributed by atoms with Gasteiger partial charge in [-0.3, -0.25) is 0 Å². The summed E-state index contributed by atoms with van der Waals surface area (Å²) in [5.41, 5.74) is 2.26. The Morgan fingerprint density at radius 1 is 1.58 bits per heavy atom. The predicted octanol–water partition coefficient (Wildman–Crippen LogP) is 2.77. The highest BCUT2D eigenvalue weighted by molar-refractivity contribution is 6.17. The van der Waals surface area contributed by atoms with E-state index in [9.17, 15) is 0 Å². The van der Waals surface area contributed by atoms with Crippen molar-refractivity contribution in [3.05, 3.63) is 41.5 Å². The fourth-order valence-electron chi connectivity index (χ4n) is 1.36. The summed E-state index contributed by atoms with van der Waals surface area (Å²) in [5.74, 6) is 0. The molecule has 0 aliphatic heterocycles. The fraction of sp³-hybridized carbons (Fsp3) is 0.200. The van der Waals surface area contributed by atoms with Gasteiger partial charge in [0.15, 0.2) is 0 Å². The van der Waals surface area contributed by atoms with Crippen LogP contribution in [0.15, 0.2) is 24.3 Å². The third kappa shape index (κ3) is 1.26. The van der Waals surface area contributed by atoms with E-state index in [1.165, 1.54) is 0 Å². The number of ether oxygens (including phenoxy) is 1. The van der Waals surface area contributed by atoms with Crippen LogP contribution in [0.5, 0.6) is 0 Å². The number of rotatable bonds is 2. The summed E-state index contributed by atoms with van der Waals surface area (Å²) in [6.07, 6.45) is 4.02. The summed E-state index contributed by atoms with van der Waals surface area (Å²) in [7, 11) is 0. The molecule has 1 aromatic carbocycles. The lowest BCUT2D eigenvalue weighted by Crippen LogP contribution is -1.97. The molecule has 0 amide bonds. The minimum atomic E-state index is 0.0231. The minimum Gasteiger partial charge on any atom is -0.354 e. The number of halogens is 1. The molecule has 0 fully saturated rings. The molecule has 0 spiro atoms. The van der Waals surface area contributed by atoms with Crippen LogP contribution in [0, 0.1) is 6.07 Å². The Bertz CT molecular complexity index is 306. The summed E-state index contributed by atoms with van der Waals surface area (Å²) in [6, 6.07) is 9.23. The normalized spacial score (nSPS) is 19.6. The Morgan fingerprint density at radius 3 is 3.33 bits per heavy atom. The zero-order valence-electron chi connectivity index (χ0n) is 6.46. The average Bonchev–Trinajstić information content (AvgIpc) is 2.50. The van der Waals surface area contributed by atoms with Crippen molar-refractivity contribution in [3.8, 4) is 0 Å². The van der Waals surface area contributed by atoms with E-state index in [0.29, 0.717) is 0 Å². The van der Waals surface area contributed by atoms with E-state index in [4.69, 9.17) is 16.3 Å². The highest BCUT2D eigenvalue weighted by atomic mass is 35.5. The lowest BCUT2D eigenvalue weighted by molar-refractivity contribution is 0.127. The second-order valence-corrected chi connectivity index (χ2v) is 2.81. The van der Waals surface area contributed by atoms with Crippen LogP contribution in [0.1, 0.15) is 17.2 Å². The van der Waals surface area contributed by atoms with E-state index in [1.807, 2.05) is 30.4 Å². The van der Waals surface area contributed by atoms with Crippen molar-refractivity contribution in [2.24, 2.45) is 0 Å². The van der Waals surface area contributed by atoms with Gasteiger partial charge in [0, 0.05) is 0 Å².